The fourth-order valence-corrected chi connectivity index (χ4v) is 4.73. The lowest BCUT2D eigenvalue weighted by atomic mass is 9.95. The highest BCUT2D eigenvalue weighted by atomic mass is 16.2. The molecule has 3 aromatic rings. The van der Waals surface area contributed by atoms with Gasteiger partial charge < -0.3 is 4.90 Å². The van der Waals surface area contributed by atoms with E-state index in [9.17, 15) is 9.59 Å². The summed E-state index contributed by atoms with van der Waals surface area (Å²) >= 11 is 0. The number of nitrogens with zero attached hydrogens (tertiary/aromatic N) is 3. The number of hydrogen-bond acceptors (Lipinski definition) is 4. The van der Waals surface area contributed by atoms with Crippen molar-refractivity contribution in [3.05, 3.63) is 101 Å². The van der Waals surface area contributed by atoms with Gasteiger partial charge in [-0.15, -0.1) is 0 Å². The van der Waals surface area contributed by atoms with Gasteiger partial charge in [0.05, 0.1) is 12.1 Å². The van der Waals surface area contributed by atoms with Gasteiger partial charge in [-0.05, 0) is 67.1 Å². The van der Waals surface area contributed by atoms with E-state index in [2.05, 4.69) is 22.0 Å². The van der Waals surface area contributed by atoms with Crippen LogP contribution in [0.4, 0.5) is 5.69 Å². The second-order valence-electron chi connectivity index (χ2n) is 8.48. The summed E-state index contributed by atoms with van der Waals surface area (Å²) in [6, 6.07) is 17.9. The first-order chi connectivity index (χ1) is 15.5. The Morgan fingerprint density at radius 3 is 2.50 bits per heavy atom. The molecule has 0 saturated heterocycles. The summed E-state index contributed by atoms with van der Waals surface area (Å²) in [5.74, 6) is -0.477. The van der Waals surface area contributed by atoms with Crippen LogP contribution in [0.1, 0.15) is 34.2 Å². The molecule has 2 amide bonds. The Morgan fingerprint density at radius 1 is 0.938 bits per heavy atom. The predicted octanol–water partition coefficient (Wildman–Crippen LogP) is 4.43. The Hall–Kier alpha value is -3.73. The zero-order valence-corrected chi connectivity index (χ0v) is 18.3. The predicted molar refractivity (Wildman–Crippen MR) is 125 cm³/mol. The molecule has 0 fully saturated rings. The number of anilines is 1. The van der Waals surface area contributed by atoms with E-state index in [1.54, 1.807) is 12.4 Å². The Balaban J connectivity index is 1.66. The van der Waals surface area contributed by atoms with Crippen molar-refractivity contribution in [3.8, 4) is 0 Å². The number of carbonyl (C=O) groups excluding carboxylic acids is 2. The summed E-state index contributed by atoms with van der Waals surface area (Å²) < 4.78 is 0. The molecule has 5 rings (SSSR count). The number of rotatable bonds is 4. The number of fused-ring (bicyclic) bond motifs is 1. The van der Waals surface area contributed by atoms with Gasteiger partial charge in [-0.25, -0.2) is 0 Å². The third kappa shape index (κ3) is 3.40. The first-order valence-electron chi connectivity index (χ1n) is 11.0. The van der Waals surface area contributed by atoms with E-state index in [1.807, 2.05) is 56.3 Å². The van der Waals surface area contributed by atoms with Gasteiger partial charge in [0.15, 0.2) is 0 Å². The van der Waals surface area contributed by atoms with Crippen LogP contribution in [-0.4, -0.2) is 28.2 Å². The highest BCUT2D eigenvalue weighted by Gasteiger charge is 2.43. The van der Waals surface area contributed by atoms with Crippen molar-refractivity contribution in [2.24, 2.45) is 0 Å². The van der Waals surface area contributed by atoms with Crippen LogP contribution in [-0.2, 0) is 22.6 Å². The van der Waals surface area contributed by atoms with Crippen LogP contribution < -0.4 is 4.90 Å². The minimum Gasteiger partial charge on any atom is -0.336 e. The quantitative estimate of drug-likeness (QED) is 0.583. The molecular weight excluding hydrogens is 398 g/mol. The molecule has 160 valence electrons. The molecule has 0 saturated carbocycles. The van der Waals surface area contributed by atoms with E-state index < -0.39 is 0 Å². The van der Waals surface area contributed by atoms with E-state index in [0.29, 0.717) is 17.8 Å². The van der Waals surface area contributed by atoms with Crippen molar-refractivity contribution in [3.63, 3.8) is 0 Å². The maximum atomic E-state index is 13.8. The zero-order valence-electron chi connectivity index (χ0n) is 18.3. The molecule has 0 spiro atoms. The molecule has 0 aliphatic carbocycles. The molecule has 32 heavy (non-hydrogen) atoms. The largest absolute Gasteiger partial charge is 0.336 e. The third-order valence-corrected chi connectivity index (χ3v) is 6.27. The first kappa shape index (κ1) is 20.2. The lowest BCUT2D eigenvalue weighted by Crippen LogP contribution is -2.36. The fraction of sp³-hybridized carbons (Fsp3) is 0.222. The van der Waals surface area contributed by atoms with Crippen molar-refractivity contribution in [2.45, 2.75) is 33.2 Å². The molecular formula is C27H25N3O2. The van der Waals surface area contributed by atoms with Crippen LogP contribution in [0.15, 0.2) is 72.7 Å². The van der Waals surface area contributed by atoms with Crippen LogP contribution in [0.2, 0.25) is 0 Å². The lowest BCUT2D eigenvalue weighted by molar-refractivity contribution is -0.137. The average Bonchev–Trinajstić information content (AvgIpc) is 3.04. The average molecular weight is 424 g/mol. The molecule has 0 unspecified atom stereocenters. The smallest absolute Gasteiger partial charge is 0.278 e. The zero-order chi connectivity index (χ0) is 22.2. The summed E-state index contributed by atoms with van der Waals surface area (Å²) in [6.45, 7) is 4.97. The number of aromatic nitrogens is 1. The molecule has 2 aromatic carbocycles. The van der Waals surface area contributed by atoms with Gasteiger partial charge in [-0.1, -0.05) is 42.0 Å². The van der Waals surface area contributed by atoms with Crippen LogP contribution in [0.5, 0.6) is 0 Å². The fourth-order valence-electron chi connectivity index (χ4n) is 4.73. The molecule has 1 aromatic heterocycles. The van der Waals surface area contributed by atoms with Gasteiger partial charge in [0.1, 0.15) is 5.70 Å². The number of benzene rings is 2. The van der Waals surface area contributed by atoms with Crippen LogP contribution in [0.25, 0.3) is 5.57 Å². The Labute approximate surface area is 188 Å². The number of para-hydroxylation sites is 1. The number of carbonyl (C=O) groups is 2. The molecule has 0 atom stereocenters. The number of amides is 2. The maximum Gasteiger partial charge on any atom is 0.278 e. The molecule has 2 aliphatic heterocycles. The standard InChI is InChI=1S/C27H25N3O2/c1-18-9-10-22(19(2)16-18)24-25(29-15-5-7-21-6-3-4-8-23(21)29)27(32)30(26(24)31)17-20-11-13-28-14-12-20/h3-4,6,8-14,16H,5,7,15,17H2,1-2H3. The van der Waals surface area contributed by atoms with Gasteiger partial charge in [-0.3, -0.25) is 19.5 Å². The summed E-state index contributed by atoms with van der Waals surface area (Å²) in [4.78, 5) is 35.0. The molecule has 5 heteroatoms. The van der Waals surface area contributed by atoms with E-state index in [-0.39, 0.29) is 18.4 Å². The van der Waals surface area contributed by atoms with Gasteiger partial charge in [0.2, 0.25) is 0 Å². The van der Waals surface area contributed by atoms with Gasteiger partial charge >= 0.3 is 0 Å². The minimum absolute atomic E-state index is 0.230. The number of pyridine rings is 1. The topological polar surface area (TPSA) is 53.5 Å². The summed E-state index contributed by atoms with van der Waals surface area (Å²) in [5.41, 5.74) is 7.03. The summed E-state index contributed by atoms with van der Waals surface area (Å²) in [6.07, 6.45) is 5.27. The highest BCUT2D eigenvalue weighted by Crippen LogP contribution is 2.39. The van der Waals surface area contributed by atoms with E-state index >= 15 is 0 Å². The molecule has 3 heterocycles. The first-order valence-corrected chi connectivity index (χ1v) is 11.0. The Bertz CT molecular complexity index is 1250. The van der Waals surface area contributed by atoms with Crippen LogP contribution >= 0.6 is 0 Å². The summed E-state index contributed by atoms with van der Waals surface area (Å²) in [7, 11) is 0. The van der Waals surface area contributed by atoms with Gasteiger partial charge in [-0.2, -0.15) is 0 Å². The molecule has 0 bridgehead atoms. The highest BCUT2D eigenvalue weighted by molar-refractivity contribution is 6.37. The summed E-state index contributed by atoms with van der Waals surface area (Å²) in [5, 5.41) is 0. The van der Waals surface area contributed by atoms with Crippen molar-refractivity contribution in [1.82, 2.24) is 9.88 Å². The lowest BCUT2D eigenvalue weighted by Gasteiger charge is -2.32. The number of hydrogen-bond donors (Lipinski definition) is 0. The van der Waals surface area contributed by atoms with E-state index in [1.165, 1.54) is 10.5 Å². The molecule has 0 radical (unpaired) electrons. The molecule has 5 nitrogen and oxygen atoms in total. The minimum atomic E-state index is -0.239. The van der Waals surface area contributed by atoms with Crippen molar-refractivity contribution >= 4 is 23.1 Å². The van der Waals surface area contributed by atoms with Crippen molar-refractivity contribution in [2.75, 3.05) is 11.4 Å². The van der Waals surface area contributed by atoms with Crippen LogP contribution in [0, 0.1) is 13.8 Å². The number of imide groups is 1. The maximum absolute atomic E-state index is 13.8. The second-order valence-corrected chi connectivity index (χ2v) is 8.48. The van der Waals surface area contributed by atoms with E-state index in [0.717, 1.165) is 40.8 Å². The van der Waals surface area contributed by atoms with Gasteiger partial charge in [0.25, 0.3) is 11.8 Å². The Morgan fingerprint density at radius 2 is 1.72 bits per heavy atom. The third-order valence-electron chi connectivity index (χ3n) is 6.27. The second kappa shape index (κ2) is 8.08. The monoisotopic (exact) mass is 423 g/mol. The Kier molecular flexibility index (Phi) is 5.10. The van der Waals surface area contributed by atoms with Crippen molar-refractivity contribution < 1.29 is 9.59 Å². The SMILES string of the molecule is Cc1ccc(C2=C(N3CCCc4ccccc43)C(=O)N(Cc3ccncc3)C2=O)c(C)c1. The molecule has 2 aliphatic rings. The van der Waals surface area contributed by atoms with Gasteiger partial charge in [0, 0.05) is 24.6 Å². The van der Waals surface area contributed by atoms with E-state index in [4.69, 9.17) is 0 Å². The normalized spacial score (nSPS) is 16.1. The number of aryl methyl sites for hydroxylation is 3. The molecule has 0 N–H and O–H groups in total. The van der Waals surface area contributed by atoms with Crippen LogP contribution in [0.3, 0.4) is 0 Å². The van der Waals surface area contributed by atoms with Crippen molar-refractivity contribution in [1.29, 1.82) is 0 Å².